The van der Waals surface area contributed by atoms with Crippen molar-refractivity contribution < 1.29 is 23.7 Å². The number of aromatic nitrogens is 1. The highest BCUT2D eigenvalue weighted by Gasteiger charge is 2.48. The van der Waals surface area contributed by atoms with Crippen LogP contribution in [0.15, 0.2) is 24.5 Å². The van der Waals surface area contributed by atoms with Gasteiger partial charge in [0.25, 0.3) is 0 Å². The second-order valence-electron chi connectivity index (χ2n) is 6.27. The molecule has 2 heterocycles. The number of hydrogen-bond donors (Lipinski definition) is 0. The van der Waals surface area contributed by atoms with Gasteiger partial charge in [0.2, 0.25) is 11.7 Å². The summed E-state index contributed by atoms with van der Waals surface area (Å²) in [6.07, 6.45) is 3.88. The van der Waals surface area contributed by atoms with Crippen LogP contribution in [-0.2, 0) is 11.8 Å². The number of β-lactam (4-membered cyclic amide) rings is 1. The number of amides is 1. The Bertz CT molecular complexity index is 804. The topological polar surface area (TPSA) is 62.2 Å². The van der Waals surface area contributed by atoms with Crippen LogP contribution in [-0.4, -0.2) is 38.9 Å². The van der Waals surface area contributed by atoms with E-state index in [1.54, 1.807) is 45.5 Å². The zero-order chi connectivity index (χ0) is 19.0. The molecule has 0 aliphatic carbocycles. The summed E-state index contributed by atoms with van der Waals surface area (Å²) in [6, 6.07) is 3.45. The third-order valence-corrected chi connectivity index (χ3v) is 4.79. The molecule has 1 amide bonds. The van der Waals surface area contributed by atoms with Gasteiger partial charge in [0, 0.05) is 37.1 Å². The van der Waals surface area contributed by atoms with Crippen molar-refractivity contribution in [2.75, 3.05) is 33.3 Å². The van der Waals surface area contributed by atoms with Crippen molar-refractivity contribution >= 4 is 11.6 Å². The van der Waals surface area contributed by atoms with Gasteiger partial charge < -0.3 is 28.4 Å². The van der Waals surface area contributed by atoms with Crippen LogP contribution < -0.4 is 23.8 Å². The van der Waals surface area contributed by atoms with Crippen molar-refractivity contribution in [3.05, 3.63) is 30.1 Å². The van der Waals surface area contributed by atoms with Gasteiger partial charge in [-0.3, -0.25) is 4.79 Å². The van der Waals surface area contributed by atoms with Gasteiger partial charge in [0.15, 0.2) is 11.5 Å². The Morgan fingerprint density at radius 2 is 1.46 bits per heavy atom. The molecule has 0 saturated carbocycles. The van der Waals surface area contributed by atoms with Crippen molar-refractivity contribution in [2.45, 2.75) is 13.0 Å². The largest absolute Gasteiger partial charge is 0.495 e. The number of methoxy groups -OCH3 is 4. The number of hydrogen-bond acceptors (Lipinski definition) is 5. The lowest BCUT2D eigenvalue weighted by Gasteiger charge is -2.46. The molecule has 0 radical (unpaired) electrons. The molecule has 1 aromatic heterocycles. The van der Waals surface area contributed by atoms with Gasteiger partial charge in [-0.25, -0.2) is 0 Å². The highest BCUT2D eigenvalue weighted by molar-refractivity contribution is 6.03. The van der Waals surface area contributed by atoms with Crippen LogP contribution in [0, 0.1) is 5.92 Å². The normalized spacial score (nSPS) is 19.2. The molecule has 1 aromatic carbocycles. The standard InChI is InChI=1S/C19H24N2O5/c1-11-17(13-9-20(2)10-16(13)25-5)21(19(11)22)12-7-14(23-3)18(26-6)15(8-12)24-4/h7-11,17H,1-6H3. The summed E-state index contributed by atoms with van der Waals surface area (Å²) >= 11 is 0. The van der Waals surface area contributed by atoms with Crippen LogP contribution in [0.2, 0.25) is 0 Å². The number of aryl methyl sites for hydroxylation is 1. The maximum atomic E-state index is 12.7. The van der Waals surface area contributed by atoms with Gasteiger partial charge >= 0.3 is 0 Å². The average Bonchev–Trinajstić information content (AvgIpc) is 3.03. The molecule has 26 heavy (non-hydrogen) atoms. The first-order valence-electron chi connectivity index (χ1n) is 8.29. The monoisotopic (exact) mass is 360 g/mol. The molecule has 1 fully saturated rings. The third-order valence-electron chi connectivity index (χ3n) is 4.79. The average molecular weight is 360 g/mol. The Labute approximate surface area is 153 Å². The SMILES string of the molecule is COc1cn(C)cc1C1C(C)C(=O)N1c1cc(OC)c(OC)c(OC)c1. The Kier molecular flexibility index (Phi) is 4.71. The van der Waals surface area contributed by atoms with E-state index >= 15 is 0 Å². The van der Waals surface area contributed by atoms with Crippen molar-refractivity contribution in [1.29, 1.82) is 0 Å². The van der Waals surface area contributed by atoms with Gasteiger partial charge in [0.05, 0.1) is 46.1 Å². The van der Waals surface area contributed by atoms with E-state index in [9.17, 15) is 4.79 Å². The van der Waals surface area contributed by atoms with E-state index in [0.29, 0.717) is 22.9 Å². The number of carbonyl (C=O) groups is 1. The van der Waals surface area contributed by atoms with Crippen molar-refractivity contribution in [3.8, 4) is 23.0 Å². The van der Waals surface area contributed by atoms with E-state index in [-0.39, 0.29) is 17.9 Å². The number of ether oxygens (including phenoxy) is 4. The van der Waals surface area contributed by atoms with Crippen LogP contribution in [0.3, 0.4) is 0 Å². The van der Waals surface area contributed by atoms with E-state index in [4.69, 9.17) is 18.9 Å². The molecule has 140 valence electrons. The number of rotatable bonds is 6. The fourth-order valence-electron chi connectivity index (χ4n) is 3.51. The molecule has 2 aromatic rings. The first-order valence-corrected chi connectivity index (χ1v) is 8.29. The summed E-state index contributed by atoms with van der Waals surface area (Å²) in [6.45, 7) is 1.92. The molecule has 1 aliphatic rings. The highest BCUT2D eigenvalue weighted by atomic mass is 16.5. The Balaban J connectivity index is 2.08. The van der Waals surface area contributed by atoms with Crippen LogP contribution >= 0.6 is 0 Å². The summed E-state index contributed by atoms with van der Waals surface area (Å²) in [5.74, 6) is 2.16. The maximum Gasteiger partial charge on any atom is 0.232 e. The first kappa shape index (κ1) is 18.0. The van der Waals surface area contributed by atoms with Crippen LogP contribution in [0.4, 0.5) is 5.69 Å². The van der Waals surface area contributed by atoms with Crippen LogP contribution in [0.1, 0.15) is 18.5 Å². The molecule has 7 nitrogen and oxygen atoms in total. The molecule has 3 rings (SSSR count). The molecule has 0 spiro atoms. The number of nitrogens with zero attached hydrogens (tertiary/aromatic N) is 2. The quantitative estimate of drug-likeness (QED) is 0.742. The van der Waals surface area contributed by atoms with E-state index in [1.165, 1.54) is 0 Å². The molecule has 0 bridgehead atoms. The van der Waals surface area contributed by atoms with Gasteiger partial charge in [-0.05, 0) is 0 Å². The number of carbonyl (C=O) groups excluding carboxylic acids is 1. The Morgan fingerprint density at radius 3 is 1.96 bits per heavy atom. The molecule has 7 heteroatoms. The fourth-order valence-corrected chi connectivity index (χ4v) is 3.51. The van der Waals surface area contributed by atoms with E-state index in [1.807, 2.05) is 30.9 Å². The third kappa shape index (κ3) is 2.64. The van der Waals surface area contributed by atoms with Gasteiger partial charge in [-0.1, -0.05) is 6.92 Å². The molecule has 1 saturated heterocycles. The lowest BCUT2D eigenvalue weighted by atomic mass is 9.84. The summed E-state index contributed by atoms with van der Waals surface area (Å²) in [4.78, 5) is 14.4. The van der Waals surface area contributed by atoms with Crippen molar-refractivity contribution in [2.24, 2.45) is 13.0 Å². The molecule has 0 N–H and O–H groups in total. The molecular weight excluding hydrogens is 336 g/mol. The van der Waals surface area contributed by atoms with Gasteiger partial charge in [-0.15, -0.1) is 0 Å². The van der Waals surface area contributed by atoms with Crippen LogP contribution in [0.25, 0.3) is 0 Å². The predicted molar refractivity (Wildman–Crippen MR) is 97.5 cm³/mol. The number of benzene rings is 1. The summed E-state index contributed by atoms with van der Waals surface area (Å²) < 4.78 is 23.6. The van der Waals surface area contributed by atoms with E-state index in [2.05, 4.69) is 0 Å². The minimum atomic E-state index is -0.148. The lowest BCUT2D eigenvalue weighted by Crippen LogP contribution is -2.54. The fraction of sp³-hybridized carbons (Fsp3) is 0.421. The molecule has 2 atom stereocenters. The van der Waals surface area contributed by atoms with Gasteiger partial charge in [-0.2, -0.15) is 0 Å². The zero-order valence-electron chi connectivity index (χ0n) is 15.9. The zero-order valence-corrected chi connectivity index (χ0v) is 15.9. The summed E-state index contributed by atoms with van der Waals surface area (Å²) in [7, 11) is 8.22. The highest BCUT2D eigenvalue weighted by Crippen LogP contribution is 2.49. The molecular formula is C19H24N2O5. The van der Waals surface area contributed by atoms with E-state index < -0.39 is 0 Å². The summed E-state index contributed by atoms with van der Waals surface area (Å²) in [5.41, 5.74) is 1.66. The van der Waals surface area contributed by atoms with Crippen LogP contribution in [0.5, 0.6) is 23.0 Å². The van der Waals surface area contributed by atoms with Crippen molar-refractivity contribution in [3.63, 3.8) is 0 Å². The second-order valence-corrected chi connectivity index (χ2v) is 6.27. The predicted octanol–water partition coefficient (Wildman–Crippen LogP) is 2.78. The Morgan fingerprint density at radius 1 is 0.885 bits per heavy atom. The maximum absolute atomic E-state index is 12.7. The Hall–Kier alpha value is -2.83. The van der Waals surface area contributed by atoms with Gasteiger partial charge in [0.1, 0.15) is 5.75 Å². The first-order chi connectivity index (χ1) is 12.5. The lowest BCUT2D eigenvalue weighted by molar-refractivity contribution is -0.129. The van der Waals surface area contributed by atoms with Crippen molar-refractivity contribution in [1.82, 2.24) is 4.57 Å². The minimum absolute atomic E-state index is 0.0372. The second kappa shape index (κ2) is 6.82. The number of anilines is 1. The molecule has 2 unspecified atom stereocenters. The molecule has 1 aliphatic heterocycles. The van der Waals surface area contributed by atoms with E-state index in [0.717, 1.165) is 11.3 Å². The summed E-state index contributed by atoms with van der Waals surface area (Å²) in [5, 5.41) is 0. The minimum Gasteiger partial charge on any atom is -0.495 e. The smallest absolute Gasteiger partial charge is 0.232 e.